The van der Waals surface area contributed by atoms with Crippen LogP contribution in [0.2, 0.25) is 0 Å². The molecule has 0 saturated carbocycles. The molecule has 0 unspecified atom stereocenters. The number of fused-ring (bicyclic) bond motifs is 1. The Labute approximate surface area is 136 Å². The lowest BCUT2D eigenvalue weighted by atomic mass is 10.1. The monoisotopic (exact) mass is 307 g/mol. The molecule has 1 heterocycles. The fraction of sp³-hybridized carbons (Fsp3) is 0.263. The lowest BCUT2D eigenvalue weighted by Gasteiger charge is -2.20. The third kappa shape index (κ3) is 2.97. The maximum Gasteiger partial charge on any atom is 0.253 e. The van der Waals surface area contributed by atoms with Crippen molar-refractivity contribution in [3.05, 3.63) is 60.4 Å². The van der Waals surface area contributed by atoms with E-state index in [4.69, 9.17) is 0 Å². The predicted molar refractivity (Wildman–Crippen MR) is 92.9 cm³/mol. The van der Waals surface area contributed by atoms with Gasteiger partial charge in [0.25, 0.3) is 5.91 Å². The van der Waals surface area contributed by atoms with Crippen LogP contribution in [0.5, 0.6) is 0 Å². The molecule has 0 fully saturated rings. The maximum absolute atomic E-state index is 12.6. The summed E-state index contributed by atoms with van der Waals surface area (Å²) in [6.07, 6.45) is 2.77. The van der Waals surface area contributed by atoms with E-state index in [1.807, 2.05) is 64.9 Å². The zero-order valence-corrected chi connectivity index (χ0v) is 13.6. The summed E-state index contributed by atoms with van der Waals surface area (Å²) in [6.45, 7) is 5.60. The Morgan fingerprint density at radius 2 is 1.91 bits per heavy atom. The lowest BCUT2D eigenvalue weighted by molar-refractivity contribution is 0.0764. The van der Waals surface area contributed by atoms with Gasteiger partial charge in [0.05, 0.1) is 11.0 Å². The van der Waals surface area contributed by atoms with Gasteiger partial charge in [-0.1, -0.05) is 25.1 Å². The first kappa shape index (κ1) is 15.3. The fourth-order valence-corrected chi connectivity index (χ4v) is 2.80. The van der Waals surface area contributed by atoms with Crippen LogP contribution in [0.1, 0.15) is 30.6 Å². The minimum atomic E-state index is 0.0745. The quantitative estimate of drug-likeness (QED) is 0.717. The molecule has 0 bridgehead atoms. The van der Waals surface area contributed by atoms with Gasteiger partial charge >= 0.3 is 0 Å². The molecule has 0 atom stereocenters. The molecule has 1 amide bonds. The Balaban J connectivity index is 1.97. The van der Waals surface area contributed by atoms with Crippen LogP contribution in [-0.4, -0.2) is 33.4 Å². The number of benzene rings is 2. The van der Waals surface area contributed by atoms with E-state index < -0.39 is 0 Å². The van der Waals surface area contributed by atoms with Crippen LogP contribution in [-0.2, 0) is 0 Å². The van der Waals surface area contributed by atoms with Crippen LogP contribution in [0.15, 0.2) is 54.9 Å². The summed E-state index contributed by atoms with van der Waals surface area (Å²) >= 11 is 0. The van der Waals surface area contributed by atoms with Crippen molar-refractivity contribution in [3.63, 3.8) is 0 Å². The smallest absolute Gasteiger partial charge is 0.253 e. The van der Waals surface area contributed by atoms with E-state index in [2.05, 4.69) is 11.9 Å². The standard InChI is InChI=1S/C19H21N3O/c1-3-12-21(4-2)19(23)15-10-11-18-17(13-15)20-14-22(18)16-8-6-5-7-9-16/h5-11,13-14H,3-4,12H2,1-2H3. The van der Waals surface area contributed by atoms with Crippen molar-refractivity contribution < 1.29 is 4.79 Å². The Hall–Kier alpha value is -2.62. The second-order valence-electron chi connectivity index (χ2n) is 5.54. The van der Waals surface area contributed by atoms with Crippen LogP contribution >= 0.6 is 0 Å². The number of carbonyl (C=O) groups excluding carboxylic acids is 1. The maximum atomic E-state index is 12.6. The van der Waals surface area contributed by atoms with E-state index in [0.717, 1.165) is 36.2 Å². The summed E-state index contributed by atoms with van der Waals surface area (Å²) in [6, 6.07) is 15.8. The highest BCUT2D eigenvalue weighted by Crippen LogP contribution is 2.20. The van der Waals surface area contributed by atoms with Crippen molar-refractivity contribution in [2.24, 2.45) is 0 Å². The molecule has 23 heavy (non-hydrogen) atoms. The van der Waals surface area contributed by atoms with Gasteiger partial charge < -0.3 is 4.90 Å². The molecule has 0 N–H and O–H groups in total. The van der Waals surface area contributed by atoms with Crippen molar-refractivity contribution in [1.82, 2.24) is 14.5 Å². The highest BCUT2D eigenvalue weighted by Gasteiger charge is 2.15. The van der Waals surface area contributed by atoms with Crippen LogP contribution in [0.4, 0.5) is 0 Å². The van der Waals surface area contributed by atoms with Crippen molar-refractivity contribution in [2.75, 3.05) is 13.1 Å². The number of para-hydroxylation sites is 1. The molecule has 3 aromatic rings. The van der Waals surface area contributed by atoms with E-state index in [-0.39, 0.29) is 5.91 Å². The largest absolute Gasteiger partial charge is 0.339 e. The lowest BCUT2D eigenvalue weighted by Crippen LogP contribution is -2.31. The van der Waals surface area contributed by atoms with Crippen LogP contribution in [0.25, 0.3) is 16.7 Å². The first-order valence-electron chi connectivity index (χ1n) is 8.06. The van der Waals surface area contributed by atoms with E-state index >= 15 is 0 Å². The normalized spacial score (nSPS) is 10.9. The van der Waals surface area contributed by atoms with E-state index in [0.29, 0.717) is 5.56 Å². The summed E-state index contributed by atoms with van der Waals surface area (Å²) in [5.41, 5.74) is 3.61. The van der Waals surface area contributed by atoms with Crippen molar-refractivity contribution in [1.29, 1.82) is 0 Å². The van der Waals surface area contributed by atoms with Crippen molar-refractivity contribution >= 4 is 16.9 Å². The topological polar surface area (TPSA) is 38.1 Å². The van der Waals surface area contributed by atoms with Gasteiger partial charge in [0, 0.05) is 24.3 Å². The number of rotatable bonds is 5. The number of nitrogens with zero attached hydrogens (tertiary/aromatic N) is 3. The zero-order valence-electron chi connectivity index (χ0n) is 13.6. The summed E-state index contributed by atoms with van der Waals surface area (Å²) in [7, 11) is 0. The Morgan fingerprint density at radius 3 is 2.61 bits per heavy atom. The van der Waals surface area contributed by atoms with E-state index in [1.165, 1.54) is 0 Å². The first-order chi connectivity index (χ1) is 11.2. The Morgan fingerprint density at radius 1 is 1.13 bits per heavy atom. The van der Waals surface area contributed by atoms with Gasteiger partial charge in [-0.25, -0.2) is 4.98 Å². The molecule has 118 valence electrons. The molecule has 3 rings (SSSR count). The average molecular weight is 307 g/mol. The van der Waals surface area contributed by atoms with Crippen molar-refractivity contribution in [2.45, 2.75) is 20.3 Å². The molecule has 4 heteroatoms. The van der Waals surface area contributed by atoms with E-state index in [9.17, 15) is 4.79 Å². The molecule has 2 aromatic carbocycles. The second-order valence-corrected chi connectivity index (χ2v) is 5.54. The summed E-state index contributed by atoms with van der Waals surface area (Å²) in [4.78, 5) is 18.9. The molecule has 0 spiro atoms. The number of hydrogen-bond donors (Lipinski definition) is 0. The van der Waals surface area contributed by atoms with E-state index in [1.54, 1.807) is 6.33 Å². The molecule has 0 aliphatic heterocycles. The molecular weight excluding hydrogens is 286 g/mol. The van der Waals surface area contributed by atoms with Gasteiger partial charge in [0.1, 0.15) is 6.33 Å². The van der Waals surface area contributed by atoms with Gasteiger partial charge in [-0.3, -0.25) is 9.36 Å². The Kier molecular flexibility index (Phi) is 4.42. The number of amides is 1. The van der Waals surface area contributed by atoms with Gasteiger partial charge in [0.2, 0.25) is 0 Å². The average Bonchev–Trinajstić information content (AvgIpc) is 3.03. The van der Waals surface area contributed by atoms with Crippen LogP contribution in [0, 0.1) is 0 Å². The minimum Gasteiger partial charge on any atom is -0.339 e. The third-order valence-electron chi connectivity index (χ3n) is 3.99. The molecular formula is C19H21N3O. The fourth-order valence-electron chi connectivity index (χ4n) is 2.80. The number of imidazole rings is 1. The highest BCUT2D eigenvalue weighted by molar-refractivity contribution is 5.97. The minimum absolute atomic E-state index is 0.0745. The van der Waals surface area contributed by atoms with Crippen LogP contribution < -0.4 is 0 Å². The van der Waals surface area contributed by atoms with Gasteiger partial charge in [0.15, 0.2) is 0 Å². The van der Waals surface area contributed by atoms with Crippen molar-refractivity contribution in [3.8, 4) is 5.69 Å². The Bertz CT molecular complexity index is 808. The SMILES string of the molecule is CCCN(CC)C(=O)c1ccc2c(c1)ncn2-c1ccccc1. The number of carbonyl (C=O) groups is 1. The predicted octanol–water partition coefficient (Wildman–Crippen LogP) is 3.90. The summed E-state index contributed by atoms with van der Waals surface area (Å²) in [5, 5.41) is 0. The summed E-state index contributed by atoms with van der Waals surface area (Å²) < 4.78 is 2.03. The molecule has 1 aromatic heterocycles. The first-order valence-corrected chi connectivity index (χ1v) is 8.06. The number of hydrogen-bond acceptors (Lipinski definition) is 2. The van der Waals surface area contributed by atoms with Crippen LogP contribution in [0.3, 0.4) is 0 Å². The third-order valence-corrected chi connectivity index (χ3v) is 3.99. The molecule has 0 aliphatic carbocycles. The molecule has 0 aliphatic rings. The van der Waals surface area contributed by atoms with Gasteiger partial charge in [-0.15, -0.1) is 0 Å². The molecule has 4 nitrogen and oxygen atoms in total. The van der Waals surface area contributed by atoms with Gasteiger partial charge in [-0.2, -0.15) is 0 Å². The highest BCUT2D eigenvalue weighted by atomic mass is 16.2. The molecule has 0 radical (unpaired) electrons. The van der Waals surface area contributed by atoms with Gasteiger partial charge in [-0.05, 0) is 43.7 Å². The summed E-state index contributed by atoms with van der Waals surface area (Å²) in [5.74, 6) is 0.0745. The second kappa shape index (κ2) is 6.65. The zero-order chi connectivity index (χ0) is 16.2. The number of aromatic nitrogens is 2. The molecule has 0 saturated heterocycles.